The zero-order valence-electron chi connectivity index (χ0n) is 30.2. The molecule has 0 N–H and O–H groups in total. The lowest BCUT2D eigenvalue weighted by atomic mass is 9.91. The molecule has 8 aromatic carbocycles. The average Bonchev–Trinajstić information content (AvgIpc) is 3.81. The Hall–Kier alpha value is -7.04. The highest BCUT2D eigenvalue weighted by atomic mass is 16.3. The molecule has 0 unspecified atom stereocenters. The van der Waals surface area contributed by atoms with Crippen molar-refractivity contribution >= 4 is 82.7 Å². The average molecular weight is 707 g/mol. The summed E-state index contributed by atoms with van der Waals surface area (Å²) in [4.78, 5) is 11.1. The van der Waals surface area contributed by atoms with E-state index in [1.807, 2.05) is 24.3 Å². The van der Waals surface area contributed by atoms with Gasteiger partial charge in [0.2, 0.25) is 0 Å². The SMILES string of the molecule is C/C1=C(/c2cccc3c2oc2ccccc23)N=C(c2ccc(-c3cccc4oc5ccccc5c34)c3ccccc23)N=C(c2ccc3ccccc3c2)CC1. The highest BCUT2D eigenvalue weighted by Crippen LogP contribution is 2.41. The van der Waals surface area contributed by atoms with Gasteiger partial charge in [0.15, 0.2) is 5.84 Å². The van der Waals surface area contributed by atoms with E-state index in [0.717, 1.165) is 107 Å². The van der Waals surface area contributed by atoms with Gasteiger partial charge in [-0.15, -0.1) is 0 Å². The molecule has 55 heavy (non-hydrogen) atoms. The molecule has 2 aromatic heterocycles. The number of hydrogen-bond acceptors (Lipinski definition) is 4. The summed E-state index contributed by atoms with van der Waals surface area (Å²) < 4.78 is 12.9. The van der Waals surface area contributed by atoms with Crippen molar-refractivity contribution in [1.82, 2.24) is 0 Å². The molecule has 0 atom stereocenters. The molecule has 0 amide bonds. The molecule has 11 rings (SSSR count). The Balaban J connectivity index is 1.16. The zero-order chi connectivity index (χ0) is 36.5. The van der Waals surface area contributed by atoms with Crippen LogP contribution in [0.25, 0.3) is 82.2 Å². The molecule has 0 radical (unpaired) electrons. The van der Waals surface area contributed by atoms with E-state index >= 15 is 0 Å². The summed E-state index contributed by atoms with van der Waals surface area (Å²) in [5, 5.41) is 9.05. The number of fused-ring (bicyclic) bond motifs is 8. The molecule has 10 aromatic rings. The largest absolute Gasteiger partial charge is 0.456 e. The molecule has 0 saturated heterocycles. The van der Waals surface area contributed by atoms with Crippen molar-refractivity contribution in [3.05, 3.63) is 186 Å². The van der Waals surface area contributed by atoms with Gasteiger partial charge in [0, 0.05) is 32.7 Å². The number of nitrogens with zero attached hydrogens (tertiary/aromatic N) is 2. The number of furan rings is 2. The number of hydrogen-bond donors (Lipinski definition) is 0. The van der Waals surface area contributed by atoms with Crippen LogP contribution in [0.1, 0.15) is 36.5 Å². The normalized spacial score (nSPS) is 15.2. The van der Waals surface area contributed by atoms with Gasteiger partial charge in [-0.25, -0.2) is 9.98 Å². The Morgan fingerprint density at radius 3 is 1.93 bits per heavy atom. The molecular formula is C51H34N2O2. The minimum atomic E-state index is 0.681. The highest BCUT2D eigenvalue weighted by molar-refractivity contribution is 6.22. The summed E-state index contributed by atoms with van der Waals surface area (Å²) in [5.74, 6) is 0.681. The van der Waals surface area contributed by atoms with Gasteiger partial charge in [-0.1, -0.05) is 127 Å². The minimum absolute atomic E-state index is 0.681. The van der Waals surface area contributed by atoms with Gasteiger partial charge in [0.05, 0.1) is 11.4 Å². The molecule has 4 nitrogen and oxygen atoms in total. The molecule has 260 valence electrons. The third-order valence-electron chi connectivity index (χ3n) is 11.2. The van der Waals surface area contributed by atoms with E-state index in [-0.39, 0.29) is 0 Å². The van der Waals surface area contributed by atoms with Crippen LogP contribution in [-0.2, 0) is 0 Å². The fourth-order valence-electron chi connectivity index (χ4n) is 8.48. The maximum absolute atomic E-state index is 6.58. The first-order chi connectivity index (χ1) is 27.2. The van der Waals surface area contributed by atoms with E-state index < -0.39 is 0 Å². The van der Waals surface area contributed by atoms with E-state index in [1.165, 1.54) is 16.3 Å². The standard InChI is InChI=1S/C51H34N2O2/c1-31-24-29-44(34-26-25-32-12-2-3-13-33(32)30-34)52-51(53-49(31)43-20-10-19-40-38-16-6-8-21-45(38)55-50(40)43)41-28-27-37(35-14-4-5-15-36(35)41)39-18-11-23-47-48(39)42-17-7-9-22-46(42)54-47/h2-23,25-28,30H,24,29H2,1H3/b49-31+,52-44?,53-51?. The lowest BCUT2D eigenvalue weighted by Gasteiger charge is -2.18. The Bertz CT molecular complexity index is 3280. The fourth-order valence-corrected chi connectivity index (χ4v) is 8.48. The minimum Gasteiger partial charge on any atom is -0.456 e. The molecular weight excluding hydrogens is 673 g/mol. The lowest BCUT2D eigenvalue weighted by Crippen LogP contribution is -2.11. The molecule has 0 bridgehead atoms. The summed E-state index contributed by atoms with van der Waals surface area (Å²) >= 11 is 0. The second-order valence-corrected chi connectivity index (χ2v) is 14.4. The van der Waals surface area contributed by atoms with Gasteiger partial charge in [0.25, 0.3) is 0 Å². The van der Waals surface area contributed by atoms with Gasteiger partial charge in [-0.05, 0) is 100.0 Å². The predicted octanol–water partition coefficient (Wildman–Crippen LogP) is 13.9. The molecule has 0 saturated carbocycles. The number of para-hydroxylation sites is 3. The van der Waals surface area contributed by atoms with Gasteiger partial charge in [-0.2, -0.15) is 0 Å². The Morgan fingerprint density at radius 2 is 1.07 bits per heavy atom. The van der Waals surface area contributed by atoms with Crippen LogP contribution >= 0.6 is 0 Å². The van der Waals surface area contributed by atoms with Gasteiger partial charge in [-0.3, -0.25) is 0 Å². The van der Waals surface area contributed by atoms with Crippen molar-refractivity contribution in [2.75, 3.05) is 0 Å². The van der Waals surface area contributed by atoms with Crippen LogP contribution in [-0.4, -0.2) is 11.5 Å². The number of amidine groups is 1. The lowest BCUT2D eigenvalue weighted by molar-refractivity contribution is 0.667. The smallest absolute Gasteiger partial charge is 0.160 e. The first-order valence-corrected chi connectivity index (χ1v) is 18.9. The molecule has 4 heteroatoms. The van der Waals surface area contributed by atoms with Crippen molar-refractivity contribution in [3.8, 4) is 11.1 Å². The number of rotatable bonds is 4. The van der Waals surface area contributed by atoms with Crippen LogP contribution in [0, 0.1) is 0 Å². The van der Waals surface area contributed by atoms with Crippen LogP contribution in [0.5, 0.6) is 0 Å². The zero-order valence-corrected chi connectivity index (χ0v) is 30.2. The number of benzene rings is 8. The van der Waals surface area contributed by atoms with Gasteiger partial charge >= 0.3 is 0 Å². The molecule has 1 aliphatic heterocycles. The Morgan fingerprint density at radius 1 is 0.436 bits per heavy atom. The van der Waals surface area contributed by atoms with Crippen molar-refractivity contribution < 1.29 is 8.83 Å². The summed E-state index contributed by atoms with van der Waals surface area (Å²) in [6.07, 6.45) is 1.59. The van der Waals surface area contributed by atoms with Crippen molar-refractivity contribution in [3.63, 3.8) is 0 Å². The summed E-state index contributed by atoms with van der Waals surface area (Å²) in [5.41, 5.74) is 12.0. The predicted molar refractivity (Wildman–Crippen MR) is 229 cm³/mol. The Kier molecular flexibility index (Phi) is 7.17. The molecule has 0 spiro atoms. The maximum atomic E-state index is 6.58. The summed E-state index contributed by atoms with van der Waals surface area (Å²) in [6, 6.07) is 57.5. The van der Waals surface area contributed by atoms with Gasteiger partial charge < -0.3 is 8.83 Å². The molecule has 3 heterocycles. The van der Waals surface area contributed by atoms with E-state index in [2.05, 4.69) is 146 Å². The first-order valence-electron chi connectivity index (χ1n) is 18.9. The van der Waals surface area contributed by atoms with Gasteiger partial charge in [0.1, 0.15) is 22.3 Å². The van der Waals surface area contributed by atoms with E-state index in [9.17, 15) is 0 Å². The van der Waals surface area contributed by atoms with Crippen LogP contribution < -0.4 is 0 Å². The maximum Gasteiger partial charge on any atom is 0.160 e. The number of allylic oxidation sites excluding steroid dienone is 1. The first kappa shape index (κ1) is 31.5. The van der Waals surface area contributed by atoms with Crippen LogP contribution in [0.4, 0.5) is 0 Å². The third kappa shape index (κ3) is 5.14. The highest BCUT2D eigenvalue weighted by Gasteiger charge is 2.22. The molecule has 1 aliphatic rings. The van der Waals surface area contributed by atoms with Crippen LogP contribution in [0.3, 0.4) is 0 Å². The Labute approximate surface area is 317 Å². The quantitative estimate of drug-likeness (QED) is 0.183. The second kappa shape index (κ2) is 12.5. The molecule has 0 aliphatic carbocycles. The van der Waals surface area contributed by atoms with E-state index in [4.69, 9.17) is 18.8 Å². The van der Waals surface area contributed by atoms with E-state index in [0.29, 0.717) is 5.84 Å². The topological polar surface area (TPSA) is 51.0 Å². The van der Waals surface area contributed by atoms with Crippen LogP contribution in [0.15, 0.2) is 188 Å². The summed E-state index contributed by atoms with van der Waals surface area (Å²) in [7, 11) is 0. The summed E-state index contributed by atoms with van der Waals surface area (Å²) in [6.45, 7) is 2.21. The number of aliphatic imine (C=N–C) groups is 2. The van der Waals surface area contributed by atoms with E-state index in [1.54, 1.807) is 0 Å². The third-order valence-corrected chi connectivity index (χ3v) is 11.2. The van der Waals surface area contributed by atoms with Crippen molar-refractivity contribution in [1.29, 1.82) is 0 Å². The van der Waals surface area contributed by atoms with Crippen molar-refractivity contribution in [2.24, 2.45) is 9.98 Å². The second-order valence-electron chi connectivity index (χ2n) is 14.4. The van der Waals surface area contributed by atoms with Crippen molar-refractivity contribution in [2.45, 2.75) is 19.8 Å². The fraction of sp³-hybridized carbons (Fsp3) is 0.0588. The molecule has 0 fully saturated rings. The monoisotopic (exact) mass is 706 g/mol. The van der Waals surface area contributed by atoms with Crippen LogP contribution in [0.2, 0.25) is 0 Å².